The number of esters is 3. The molecule has 6 nitrogen and oxygen atoms in total. The fourth-order valence-electron chi connectivity index (χ4n) is 7.54. The van der Waals surface area contributed by atoms with Crippen molar-refractivity contribution in [1.82, 2.24) is 0 Å². The normalized spacial score (nSPS) is 12.8. The Morgan fingerprint density at radius 2 is 0.544 bits per heavy atom. The van der Waals surface area contributed by atoms with Gasteiger partial charge in [-0.3, -0.25) is 14.4 Å². The molecule has 0 rings (SSSR count). The van der Waals surface area contributed by atoms with Gasteiger partial charge in [0.05, 0.1) is 0 Å². The predicted octanol–water partition coefficient (Wildman–Crippen LogP) is 18.9. The lowest BCUT2D eigenvalue weighted by Gasteiger charge is -2.18. The molecular formula is C62H104O6. The van der Waals surface area contributed by atoms with Crippen LogP contribution in [0, 0.1) is 0 Å². The number of carbonyl (C=O) groups is 3. The molecule has 0 spiro atoms. The molecular weight excluding hydrogens is 841 g/mol. The van der Waals surface area contributed by atoms with Gasteiger partial charge >= 0.3 is 17.9 Å². The largest absolute Gasteiger partial charge is 0.462 e. The Morgan fingerprint density at radius 1 is 0.294 bits per heavy atom. The standard InChI is InChI=1S/C62H104O6/c1-4-7-10-13-16-19-22-25-28-31-34-37-40-43-46-49-52-55-61(64)67-58-59(57-66-60(63)54-51-48-45-42-39-36-33-30-27-24-21-18-15-12-9-6-3)68-62(65)56-53-50-47-44-41-38-35-32-29-26-23-20-17-14-11-8-5-2/h16-17,19-20,25-26,28-29,34-35,37-38,43-44,46-47,59H,4-15,18,21-24,27,30-33,36,39-42,45,48-58H2,1-3H3/b19-16-,20-17-,28-25-,29-26-,37-34-,38-35-,46-43-,47-44-/t59-/m1/s1. The predicted molar refractivity (Wildman–Crippen MR) is 293 cm³/mol. The van der Waals surface area contributed by atoms with Gasteiger partial charge in [0.2, 0.25) is 0 Å². The second-order valence-corrected chi connectivity index (χ2v) is 18.5. The van der Waals surface area contributed by atoms with Gasteiger partial charge in [0.25, 0.3) is 0 Å². The van der Waals surface area contributed by atoms with Crippen LogP contribution in [0.3, 0.4) is 0 Å². The van der Waals surface area contributed by atoms with E-state index < -0.39 is 6.10 Å². The van der Waals surface area contributed by atoms with E-state index in [4.69, 9.17) is 14.2 Å². The third-order valence-electron chi connectivity index (χ3n) is 11.8. The van der Waals surface area contributed by atoms with Crippen molar-refractivity contribution in [3.8, 4) is 0 Å². The van der Waals surface area contributed by atoms with Crippen molar-refractivity contribution in [2.45, 2.75) is 264 Å². The monoisotopic (exact) mass is 945 g/mol. The molecule has 1 atom stereocenters. The zero-order valence-corrected chi connectivity index (χ0v) is 44.3. The average molecular weight is 946 g/mol. The van der Waals surface area contributed by atoms with E-state index in [1.54, 1.807) is 0 Å². The highest BCUT2D eigenvalue weighted by Gasteiger charge is 2.19. The van der Waals surface area contributed by atoms with Gasteiger partial charge in [0.1, 0.15) is 13.2 Å². The zero-order chi connectivity index (χ0) is 49.3. The number of allylic oxidation sites excluding steroid dienone is 16. The lowest BCUT2D eigenvalue weighted by atomic mass is 10.0. The second-order valence-electron chi connectivity index (χ2n) is 18.5. The van der Waals surface area contributed by atoms with Crippen LogP contribution in [-0.4, -0.2) is 37.2 Å². The molecule has 0 saturated heterocycles. The van der Waals surface area contributed by atoms with Crippen LogP contribution in [-0.2, 0) is 28.6 Å². The van der Waals surface area contributed by atoms with Crippen molar-refractivity contribution in [3.05, 3.63) is 97.2 Å². The molecule has 0 amide bonds. The third kappa shape index (κ3) is 53.3. The van der Waals surface area contributed by atoms with Crippen molar-refractivity contribution in [2.24, 2.45) is 0 Å². The quantitative estimate of drug-likeness (QED) is 0.0262. The van der Waals surface area contributed by atoms with Gasteiger partial charge in [-0.15, -0.1) is 0 Å². The van der Waals surface area contributed by atoms with Crippen molar-refractivity contribution in [2.75, 3.05) is 13.2 Å². The fraction of sp³-hybridized carbons (Fsp3) is 0.694. The molecule has 0 radical (unpaired) electrons. The molecule has 0 aromatic carbocycles. The van der Waals surface area contributed by atoms with Crippen molar-refractivity contribution in [1.29, 1.82) is 0 Å². The number of carbonyl (C=O) groups excluding carboxylic acids is 3. The highest BCUT2D eigenvalue weighted by atomic mass is 16.6. The van der Waals surface area contributed by atoms with Crippen LogP contribution in [0.25, 0.3) is 0 Å². The first-order valence-corrected chi connectivity index (χ1v) is 28.2. The number of ether oxygens (including phenoxy) is 3. The molecule has 0 saturated carbocycles. The molecule has 0 aromatic heterocycles. The Labute approximate surface area is 419 Å². The van der Waals surface area contributed by atoms with E-state index in [0.29, 0.717) is 19.3 Å². The van der Waals surface area contributed by atoms with Crippen LogP contribution in [0.5, 0.6) is 0 Å². The molecule has 68 heavy (non-hydrogen) atoms. The molecule has 0 unspecified atom stereocenters. The summed E-state index contributed by atoms with van der Waals surface area (Å²) in [5, 5.41) is 0. The second kappa shape index (κ2) is 55.9. The van der Waals surface area contributed by atoms with Crippen LogP contribution in [0.4, 0.5) is 0 Å². The first-order chi connectivity index (χ1) is 33.5. The molecule has 0 aliphatic carbocycles. The molecule has 6 heteroatoms. The van der Waals surface area contributed by atoms with Gasteiger partial charge in [-0.2, -0.15) is 0 Å². The van der Waals surface area contributed by atoms with Crippen LogP contribution in [0.15, 0.2) is 97.2 Å². The molecule has 0 fully saturated rings. The number of rotatable bonds is 50. The molecule has 0 aliphatic rings. The minimum atomic E-state index is -0.828. The number of unbranched alkanes of at least 4 members (excludes halogenated alkanes) is 23. The number of hydrogen-bond donors (Lipinski definition) is 0. The molecule has 0 bridgehead atoms. The maximum absolute atomic E-state index is 12.8. The van der Waals surface area contributed by atoms with Crippen molar-refractivity contribution in [3.63, 3.8) is 0 Å². The summed E-state index contributed by atoms with van der Waals surface area (Å²) in [6, 6.07) is 0. The minimum absolute atomic E-state index is 0.115. The van der Waals surface area contributed by atoms with Crippen molar-refractivity contribution < 1.29 is 28.6 Å². The van der Waals surface area contributed by atoms with Gasteiger partial charge in [-0.1, -0.05) is 240 Å². The van der Waals surface area contributed by atoms with E-state index in [2.05, 4.69) is 118 Å². The van der Waals surface area contributed by atoms with E-state index >= 15 is 0 Å². The first-order valence-electron chi connectivity index (χ1n) is 28.2. The molecule has 0 aliphatic heterocycles. The fourth-order valence-corrected chi connectivity index (χ4v) is 7.54. The van der Waals surface area contributed by atoms with E-state index in [0.717, 1.165) is 70.6 Å². The summed E-state index contributed by atoms with van der Waals surface area (Å²) in [6.45, 7) is 6.50. The molecule has 0 aromatic rings. The third-order valence-corrected chi connectivity index (χ3v) is 11.8. The lowest BCUT2D eigenvalue weighted by Crippen LogP contribution is -2.30. The molecule has 0 N–H and O–H groups in total. The lowest BCUT2D eigenvalue weighted by molar-refractivity contribution is -0.167. The Kier molecular flexibility index (Phi) is 52.9. The van der Waals surface area contributed by atoms with Crippen LogP contribution in [0.1, 0.15) is 258 Å². The highest BCUT2D eigenvalue weighted by Crippen LogP contribution is 2.15. The van der Waals surface area contributed by atoms with Crippen LogP contribution in [0.2, 0.25) is 0 Å². The van der Waals surface area contributed by atoms with Gasteiger partial charge < -0.3 is 14.2 Å². The number of hydrogen-bond acceptors (Lipinski definition) is 6. The van der Waals surface area contributed by atoms with Crippen molar-refractivity contribution >= 4 is 17.9 Å². The van der Waals surface area contributed by atoms with Gasteiger partial charge in [-0.05, 0) is 96.3 Å². The Morgan fingerprint density at radius 3 is 0.882 bits per heavy atom. The van der Waals surface area contributed by atoms with E-state index in [9.17, 15) is 14.4 Å². The smallest absolute Gasteiger partial charge is 0.306 e. The highest BCUT2D eigenvalue weighted by molar-refractivity contribution is 5.71. The summed E-state index contributed by atoms with van der Waals surface area (Å²) in [5.74, 6) is -1.03. The summed E-state index contributed by atoms with van der Waals surface area (Å²) in [7, 11) is 0. The maximum Gasteiger partial charge on any atom is 0.306 e. The topological polar surface area (TPSA) is 78.9 Å². The zero-order valence-electron chi connectivity index (χ0n) is 44.3. The molecule has 0 heterocycles. The van der Waals surface area contributed by atoms with Gasteiger partial charge in [0, 0.05) is 19.3 Å². The summed E-state index contributed by atoms with van der Waals surface area (Å²) >= 11 is 0. The van der Waals surface area contributed by atoms with E-state index in [-0.39, 0.29) is 44.0 Å². The van der Waals surface area contributed by atoms with Crippen LogP contribution < -0.4 is 0 Å². The average Bonchev–Trinajstić information content (AvgIpc) is 3.34. The minimum Gasteiger partial charge on any atom is -0.462 e. The first kappa shape index (κ1) is 64.3. The van der Waals surface area contributed by atoms with E-state index in [1.165, 1.54) is 135 Å². The van der Waals surface area contributed by atoms with Crippen LogP contribution >= 0.6 is 0 Å². The Hall–Kier alpha value is -3.67. The summed E-state index contributed by atoms with van der Waals surface area (Å²) < 4.78 is 16.8. The van der Waals surface area contributed by atoms with E-state index in [1.807, 2.05) is 0 Å². The van der Waals surface area contributed by atoms with Gasteiger partial charge in [0.15, 0.2) is 6.10 Å². The SMILES string of the molecule is CCCCC/C=C\C/C=C\C/C=C\C/C=C\CCCC(=O)OC[C@@H](COC(=O)CCCCCCCCCCCCCCCCCC)OC(=O)CCC/C=C\C/C=C\C/C=C\C/C=C\CCCCC. The summed E-state index contributed by atoms with van der Waals surface area (Å²) in [5.41, 5.74) is 0. The Balaban J connectivity index is 4.55. The maximum atomic E-state index is 12.8. The Bertz CT molecular complexity index is 1360. The summed E-state index contributed by atoms with van der Waals surface area (Å²) in [4.78, 5) is 38.1. The molecule has 388 valence electrons. The summed E-state index contributed by atoms with van der Waals surface area (Å²) in [6.07, 6.45) is 74.0. The van der Waals surface area contributed by atoms with Gasteiger partial charge in [-0.25, -0.2) is 0 Å².